The van der Waals surface area contributed by atoms with Crippen LogP contribution in [0.3, 0.4) is 0 Å². The number of hydrogen-bond donors (Lipinski definition) is 0. The molecule has 0 aliphatic rings. The SMILES string of the molecule is CCOc1cc(C(C)Br)ncc1Cl. The third-order valence-electron chi connectivity index (χ3n) is 1.55. The normalized spacial score (nSPS) is 12.6. The Morgan fingerprint density at radius 2 is 2.38 bits per heavy atom. The molecule has 0 saturated carbocycles. The van der Waals surface area contributed by atoms with Gasteiger partial charge in [-0.05, 0) is 13.8 Å². The molecule has 13 heavy (non-hydrogen) atoms. The van der Waals surface area contributed by atoms with Crippen LogP contribution in [0.1, 0.15) is 24.4 Å². The average Bonchev–Trinajstić information content (AvgIpc) is 2.08. The highest BCUT2D eigenvalue weighted by molar-refractivity contribution is 9.09. The molecule has 2 nitrogen and oxygen atoms in total. The van der Waals surface area contributed by atoms with E-state index in [2.05, 4.69) is 20.9 Å². The van der Waals surface area contributed by atoms with E-state index < -0.39 is 0 Å². The Hall–Kier alpha value is -0.280. The monoisotopic (exact) mass is 263 g/mol. The van der Waals surface area contributed by atoms with Gasteiger partial charge >= 0.3 is 0 Å². The van der Waals surface area contributed by atoms with Gasteiger partial charge < -0.3 is 4.74 Å². The highest BCUT2D eigenvalue weighted by Gasteiger charge is 2.07. The predicted octanol–water partition coefficient (Wildman–Crippen LogP) is 3.59. The van der Waals surface area contributed by atoms with Crippen LogP contribution >= 0.6 is 27.5 Å². The second-order valence-corrected chi connectivity index (χ2v) is 4.37. The van der Waals surface area contributed by atoms with Crippen molar-refractivity contribution in [3.63, 3.8) is 0 Å². The number of alkyl halides is 1. The van der Waals surface area contributed by atoms with Crippen LogP contribution in [-0.2, 0) is 0 Å². The van der Waals surface area contributed by atoms with Crippen LogP contribution in [0.2, 0.25) is 5.02 Å². The first-order valence-electron chi connectivity index (χ1n) is 4.07. The molecule has 1 aromatic rings. The van der Waals surface area contributed by atoms with Gasteiger partial charge in [0.05, 0.1) is 17.1 Å². The van der Waals surface area contributed by atoms with Crippen molar-refractivity contribution in [3.05, 3.63) is 23.0 Å². The van der Waals surface area contributed by atoms with Crippen molar-refractivity contribution < 1.29 is 4.74 Å². The Labute approximate surface area is 91.4 Å². The minimum atomic E-state index is 0.212. The van der Waals surface area contributed by atoms with E-state index >= 15 is 0 Å². The van der Waals surface area contributed by atoms with E-state index in [1.165, 1.54) is 0 Å². The van der Waals surface area contributed by atoms with Crippen molar-refractivity contribution in [2.24, 2.45) is 0 Å². The second-order valence-electron chi connectivity index (χ2n) is 2.59. The number of pyridine rings is 1. The van der Waals surface area contributed by atoms with Gasteiger partial charge in [-0.15, -0.1) is 0 Å². The van der Waals surface area contributed by atoms with E-state index in [9.17, 15) is 0 Å². The van der Waals surface area contributed by atoms with Crippen LogP contribution in [0.4, 0.5) is 0 Å². The van der Waals surface area contributed by atoms with E-state index in [0.717, 1.165) is 5.69 Å². The topological polar surface area (TPSA) is 22.1 Å². The van der Waals surface area contributed by atoms with E-state index in [1.807, 2.05) is 19.9 Å². The van der Waals surface area contributed by atoms with Gasteiger partial charge in [0.2, 0.25) is 0 Å². The first-order valence-corrected chi connectivity index (χ1v) is 5.36. The summed E-state index contributed by atoms with van der Waals surface area (Å²) >= 11 is 9.31. The van der Waals surface area contributed by atoms with Gasteiger partial charge in [0.1, 0.15) is 10.8 Å². The molecule has 4 heteroatoms. The molecule has 1 aromatic heterocycles. The molecular weight excluding hydrogens is 253 g/mol. The van der Waals surface area contributed by atoms with Gasteiger partial charge in [0, 0.05) is 12.3 Å². The Bertz CT molecular complexity index is 291. The largest absolute Gasteiger partial charge is 0.492 e. The molecule has 1 rings (SSSR count). The zero-order chi connectivity index (χ0) is 9.84. The maximum absolute atomic E-state index is 5.88. The Morgan fingerprint density at radius 1 is 1.69 bits per heavy atom. The highest BCUT2D eigenvalue weighted by atomic mass is 79.9. The lowest BCUT2D eigenvalue weighted by Gasteiger charge is -2.08. The lowest BCUT2D eigenvalue weighted by molar-refractivity contribution is 0.339. The van der Waals surface area contributed by atoms with Crippen molar-refractivity contribution in [1.82, 2.24) is 4.98 Å². The van der Waals surface area contributed by atoms with Crippen molar-refractivity contribution >= 4 is 27.5 Å². The third kappa shape index (κ3) is 2.85. The number of rotatable bonds is 3. The smallest absolute Gasteiger partial charge is 0.141 e. The van der Waals surface area contributed by atoms with Gasteiger partial charge in [-0.2, -0.15) is 0 Å². The number of hydrogen-bond acceptors (Lipinski definition) is 2. The molecule has 1 unspecified atom stereocenters. The minimum Gasteiger partial charge on any atom is -0.492 e. The summed E-state index contributed by atoms with van der Waals surface area (Å²) in [6.07, 6.45) is 1.61. The zero-order valence-corrected chi connectivity index (χ0v) is 9.89. The van der Waals surface area contributed by atoms with Gasteiger partial charge in [-0.25, -0.2) is 0 Å². The fourth-order valence-electron chi connectivity index (χ4n) is 0.919. The van der Waals surface area contributed by atoms with E-state index in [1.54, 1.807) is 6.20 Å². The fraction of sp³-hybridized carbons (Fsp3) is 0.444. The van der Waals surface area contributed by atoms with Crippen LogP contribution in [0.5, 0.6) is 5.75 Å². The molecule has 72 valence electrons. The summed E-state index contributed by atoms with van der Waals surface area (Å²) in [7, 11) is 0. The molecule has 0 aliphatic carbocycles. The third-order valence-corrected chi connectivity index (χ3v) is 2.30. The van der Waals surface area contributed by atoms with Crippen LogP contribution in [-0.4, -0.2) is 11.6 Å². The number of halogens is 2. The summed E-state index contributed by atoms with van der Waals surface area (Å²) in [5.74, 6) is 0.695. The molecule has 0 aliphatic heterocycles. The summed E-state index contributed by atoms with van der Waals surface area (Å²) in [6.45, 7) is 4.54. The molecule has 0 fully saturated rings. The average molecular weight is 265 g/mol. The maximum Gasteiger partial charge on any atom is 0.141 e. The Morgan fingerprint density at radius 3 is 2.92 bits per heavy atom. The molecule has 1 heterocycles. The first kappa shape index (κ1) is 10.8. The number of nitrogens with zero attached hydrogens (tertiary/aromatic N) is 1. The second kappa shape index (κ2) is 4.82. The Kier molecular flexibility index (Phi) is 4.00. The van der Waals surface area contributed by atoms with Gasteiger partial charge in [-0.3, -0.25) is 4.98 Å². The molecule has 0 aromatic carbocycles. The molecule has 0 bridgehead atoms. The van der Waals surface area contributed by atoms with Gasteiger partial charge in [0.15, 0.2) is 0 Å². The highest BCUT2D eigenvalue weighted by Crippen LogP contribution is 2.28. The maximum atomic E-state index is 5.88. The lowest BCUT2D eigenvalue weighted by atomic mass is 10.3. The van der Waals surface area contributed by atoms with Gasteiger partial charge in [-0.1, -0.05) is 27.5 Å². The summed E-state index contributed by atoms with van der Waals surface area (Å²) in [4.78, 5) is 4.37. The number of ether oxygens (including phenoxy) is 1. The summed E-state index contributed by atoms with van der Waals surface area (Å²) in [6, 6.07) is 1.85. The van der Waals surface area contributed by atoms with Crippen LogP contribution < -0.4 is 4.74 Å². The van der Waals surface area contributed by atoms with Crippen molar-refractivity contribution in [2.75, 3.05) is 6.61 Å². The van der Waals surface area contributed by atoms with E-state index in [4.69, 9.17) is 16.3 Å². The van der Waals surface area contributed by atoms with Crippen molar-refractivity contribution in [1.29, 1.82) is 0 Å². The molecular formula is C9H11BrClNO. The van der Waals surface area contributed by atoms with Crippen molar-refractivity contribution in [2.45, 2.75) is 18.7 Å². The standard InChI is InChI=1S/C9H11BrClNO/c1-3-13-9-4-8(6(2)10)12-5-7(9)11/h4-6H,3H2,1-2H3. The Balaban J connectivity index is 2.97. The molecule has 1 atom stereocenters. The van der Waals surface area contributed by atoms with E-state index in [-0.39, 0.29) is 4.83 Å². The zero-order valence-electron chi connectivity index (χ0n) is 7.55. The quantitative estimate of drug-likeness (QED) is 0.778. The predicted molar refractivity (Wildman–Crippen MR) is 57.8 cm³/mol. The first-order chi connectivity index (χ1) is 6.15. The molecule has 0 N–H and O–H groups in total. The minimum absolute atomic E-state index is 0.212. The van der Waals surface area contributed by atoms with Crippen molar-refractivity contribution in [3.8, 4) is 5.75 Å². The van der Waals surface area contributed by atoms with Crippen LogP contribution in [0.25, 0.3) is 0 Å². The summed E-state index contributed by atoms with van der Waals surface area (Å²) in [5.41, 5.74) is 0.924. The van der Waals surface area contributed by atoms with E-state index in [0.29, 0.717) is 17.4 Å². The molecule has 0 spiro atoms. The molecule has 0 amide bonds. The van der Waals surface area contributed by atoms with Crippen LogP contribution in [0, 0.1) is 0 Å². The summed E-state index contributed by atoms with van der Waals surface area (Å²) in [5, 5.41) is 0.554. The summed E-state index contributed by atoms with van der Waals surface area (Å²) < 4.78 is 5.33. The number of aromatic nitrogens is 1. The fourth-order valence-corrected chi connectivity index (χ4v) is 1.33. The molecule has 0 radical (unpaired) electrons. The van der Waals surface area contributed by atoms with Gasteiger partial charge in [0.25, 0.3) is 0 Å². The molecule has 0 saturated heterocycles. The van der Waals surface area contributed by atoms with Crippen LogP contribution in [0.15, 0.2) is 12.3 Å². The lowest BCUT2D eigenvalue weighted by Crippen LogP contribution is -1.96.